The highest BCUT2D eigenvalue weighted by atomic mass is 32.2. The number of aliphatic hydroxyl groups is 1. The van der Waals surface area contributed by atoms with Gasteiger partial charge in [-0.2, -0.15) is 11.8 Å². The minimum absolute atomic E-state index is 0.261. The summed E-state index contributed by atoms with van der Waals surface area (Å²) in [6, 6.07) is 6.78. The van der Waals surface area contributed by atoms with Crippen LogP contribution in [0.15, 0.2) is 18.2 Å². The van der Waals surface area contributed by atoms with Crippen molar-refractivity contribution in [3.8, 4) is 0 Å². The summed E-state index contributed by atoms with van der Waals surface area (Å²) in [4.78, 5) is 2.30. The Hall–Kier alpha value is -0.510. The first-order valence-corrected chi connectivity index (χ1v) is 7.75. The van der Waals surface area contributed by atoms with E-state index in [-0.39, 0.29) is 6.10 Å². The Bertz CT molecular complexity index is 407. The molecule has 1 fully saturated rings. The third-order valence-electron chi connectivity index (χ3n) is 3.82. The third kappa shape index (κ3) is 3.28. The molecule has 1 heterocycles. The summed E-state index contributed by atoms with van der Waals surface area (Å²) in [6.07, 6.45) is 0.506. The van der Waals surface area contributed by atoms with E-state index in [9.17, 15) is 5.11 Å². The fourth-order valence-corrected chi connectivity index (χ4v) is 3.79. The van der Waals surface area contributed by atoms with Crippen molar-refractivity contribution < 1.29 is 5.11 Å². The molecule has 3 heteroatoms. The molecular weight excluding hydrogens is 242 g/mol. The largest absolute Gasteiger partial charge is 0.391 e. The van der Waals surface area contributed by atoms with Crippen LogP contribution in [0.1, 0.15) is 16.7 Å². The van der Waals surface area contributed by atoms with E-state index in [0.29, 0.717) is 6.04 Å². The standard InChI is InChI=1S/C15H23NOS/c1-11-4-5-12(2)13(8-11)9-15(17)14-10-18-7-6-16(14)3/h4-5,8,14-15,17H,6-7,9-10H2,1-3H3. The Morgan fingerprint density at radius 2 is 2.22 bits per heavy atom. The van der Waals surface area contributed by atoms with Crippen LogP contribution in [-0.2, 0) is 6.42 Å². The van der Waals surface area contributed by atoms with Gasteiger partial charge < -0.3 is 5.11 Å². The van der Waals surface area contributed by atoms with Crippen LogP contribution in [0.5, 0.6) is 0 Å². The highest BCUT2D eigenvalue weighted by Crippen LogP contribution is 2.21. The number of benzene rings is 1. The zero-order valence-electron chi connectivity index (χ0n) is 11.5. The molecule has 0 amide bonds. The quantitative estimate of drug-likeness (QED) is 0.907. The summed E-state index contributed by atoms with van der Waals surface area (Å²) in [5.41, 5.74) is 3.84. The third-order valence-corrected chi connectivity index (χ3v) is 4.87. The molecule has 0 radical (unpaired) electrons. The van der Waals surface area contributed by atoms with Gasteiger partial charge in [-0.15, -0.1) is 0 Å². The molecule has 1 aromatic carbocycles. The monoisotopic (exact) mass is 265 g/mol. The first kappa shape index (κ1) is 13.9. The summed E-state index contributed by atoms with van der Waals surface area (Å²) < 4.78 is 0. The van der Waals surface area contributed by atoms with Crippen LogP contribution >= 0.6 is 11.8 Å². The van der Waals surface area contributed by atoms with E-state index in [4.69, 9.17) is 0 Å². The number of hydrogen-bond acceptors (Lipinski definition) is 3. The summed E-state index contributed by atoms with van der Waals surface area (Å²) in [5.74, 6) is 2.23. The van der Waals surface area contributed by atoms with Crippen LogP contribution in [0.4, 0.5) is 0 Å². The normalized spacial score (nSPS) is 23.0. The fraction of sp³-hybridized carbons (Fsp3) is 0.600. The maximum absolute atomic E-state index is 10.5. The van der Waals surface area contributed by atoms with Gasteiger partial charge >= 0.3 is 0 Å². The number of aliphatic hydroxyl groups excluding tert-OH is 1. The van der Waals surface area contributed by atoms with Crippen LogP contribution in [0.2, 0.25) is 0 Å². The first-order chi connectivity index (χ1) is 8.58. The molecule has 2 rings (SSSR count). The van der Waals surface area contributed by atoms with E-state index in [0.717, 1.165) is 18.7 Å². The lowest BCUT2D eigenvalue weighted by atomic mass is 9.97. The Kier molecular flexibility index (Phi) is 4.71. The van der Waals surface area contributed by atoms with Crippen molar-refractivity contribution in [2.75, 3.05) is 25.1 Å². The highest BCUT2D eigenvalue weighted by Gasteiger charge is 2.26. The SMILES string of the molecule is Cc1ccc(C)c(CC(O)C2CSCCN2C)c1. The van der Waals surface area contributed by atoms with E-state index in [1.54, 1.807) is 0 Å². The summed E-state index contributed by atoms with van der Waals surface area (Å²) >= 11 is 1.95. The lowest BCUT2D eigenvalue weighted by Gasteiger charge is -2.35. The van der Waals surface area contributed by atoms with Crippen LogP contribution in [0, 0.1) is 13.8 Å². The number of thioether (sulfide) groups is 1. The highest BCUT2D eigenvalue weighted by molar-refractivity contribution is 7.99. The van der Waals surface area contributed by atoms with E-state index >= 15 is 0 Å². The van der Waals surface area contributed by atoms with Crippen molar-refractivity contribution in [2.24, 2.45) is 0 Å². The molecule has 2 unspecified atom stereocenters. The molecule has 0 aromatic heterocycles. The molecule has 1 aliphatic heterocycles. The Labute approximate surface area is 114 Å². The predicted octanol–water partition coefficient (Wildman–Crippen LogP) is 2.25. The number of hydrogen-bond donors (Lipinski definition) is 1. The Morgan fingerprint density at radius 3 is 2.94 bits per heavy atom. The molecule has 0 aliphatic carbocycles. The molecule has 0 bridgehead atoms. The van der Waals surface area contributed by atoms with Gasteiger partial charge in [0.1, 0.15) is 0 Å². The maximum Gasteiger partial charge on any atom is 0.0743 e. The Balaban J connectivity index is 2.05. The van der Waals surface area contributed by atoms with Crippen molar-refractivity contribution in [1.29, 1.82) is 0 Å². The van der Waals surface area contributed by atoms with Gasteiger partial charge in [0, 0.05) is 30.5 Å². The minimum Gasteiger partial charge on any atom is -0.391 e. The molecule has 1 aliphatic rings. The van der Waals surface area contributed by atoms with Crippen molar-refractivity contribution in [2.45, 2.75) is 32.4 Å². The van der Waals surface area contributed by atoms with Gasteiger partial charge in [-0.1, -0.05) is 23.8 Å². The number of likely N-dealkylation sites (N-methyl/N-ethyl adjacent to an activating group) is 1. The predicted molar refractivity (Wildman–Crippen MR) is 79.4 cm³/mol. The first-order valence-electron chi connectivity index (χ1n) is 6.60. The lowest BCUT2D eigenvalue weighted by Crippen LogP contribution is -2.47. The smallest absolute Gasteiger partial charge is 0.0743 e. The second-order valence-corrected chi connectivity index (χ2v) is 6.47. The second kappa shape index (κ2) is 6.09. The van der Waals surface area contributed by atoms with E-state index in [1.807, 2.05) is 11.8 Å². The van der Waals surface area contributed by atoms with Gasteiger partial charge in [-0.25, -0.2) is 0 Å². The zero-order valence-corrected chi connectivity index (χ0v) is 12.3. The average molecular weight is 265 g/mol. The molecular formula is C15H23NOS. The molecule has 1 N–H and O–H groups in total. The van der Waals surface area contributed by atoms with Gasteiger partial charge in [0.05, 0.1) is 6.10 Å². The van der Waals surface area contributed by atoms with Crippen LogP contribution in [-0.4, -0.2) is 47.3 Å². The summed E-state index contributed by atoms with van der Waals surface area (Å²) in [5, 5.41) is 10.5. The minimum atomic E-state index is -0.261. The molecule has 1 aromatic rings. The summed E-state index contributed by atoms with van der Waals surface area (Å²) in [6.45, 7) is 5.32. The van der Waals surface area contributed by atoms with Gasteiger partial charge in [-0.05, 0) is 32.0 Å². The van der Waals surface area contributed by atoms with Gasteiger partial charge in [0.15, 0.2) is 0 Å². The molecule has 1 saturated heterocycles. The molecule has 0 saturated carbocycles. The van der Waals surface area contributed by atoms with E-state index in [2.05, 4.69) is 44.0 Å². The maximum atomic E-state index is 10.5. The van der Waals surface area contributed by atoms with Crippen molar-refractivity contribution in [3.05, 3.63) is 34.9 Å². The molecule has 2 atom stereocenters. The average Bonchev–Trinajstić information content (AvgIpc) is 2.34. The Morgan fingerprint density at radius 1 is 1.44 bits per heavy atom. The molecule has 18 heavy (non-hydrogen) atoms. The zero-order chi connectivity index (χ0) is 13.1. The van der Waals surface area contributed by atoms with E-state index in [1.165, 1.54) is 22.4 Å². The van der Waals surface area contributed by atoms with Crippen molar-refractivity contribution >= 4 is 11.8 Å². The topological polar surface area (TPSA) is 23.5 Å². The van der Waals surface area contributed by atoms with Gasteiger partial charge in [-0.3, -0.25) is 4.90 Å². The van der Waals surface area contributed by atoms with Crippen LogP contribution in [0.3, 0.4) is 0 Å². The number of nitrogens with zero attached hydrogens (tertiary/aromatic N) is 1. The summed E-state index contributed by atoms with van der Waals surface area (Å²) in [7, 11) is 2.12. The van der Waals surface area contributed by atoms with Crippen LogP contribution < -0.4 is 0 Å². The van der Waals surface area contributed by atoms with Crippen LogP contribution in [0.25, 0.3) is 0 Å². The van der Waals surface area contributed by atoms with Crippen molar-refractivity contribution in [3.63, 3.8) is 0 Å². The van der Waals surface area contributed by atoms with E-state index < -0.39 is 0 Å². The second-order valence-electron chi connectivity index (χ2n) is 5.32. The molecule has 100 valence electrons. The van der Waals surface area contributed by atoms with Gasteiger partial charge in [0.25, 0.3) is 0 Å². The molecule has 0 spiro atoms. The number of rotatable bonds is 3. The van der Waals surface area contributed by atoms with Crippen molar-refractivity contribution in [1.82, 2.24) is 4.90 Å². The molecule has 2 nitrogen and oxygen atoms in total. The lowest BCUT2D eigenvalue weighted by molar-refractivity contribution is 0.0762. The number of aryl methyl sites for hydroxylation is 2. The van der Waals surface area contributed by atoms with Gasteiger partial charge in [0.2, 0.25) is 0 Å². The fourth-order valence-electron chi connectivity index (χ4n) is 2.49.